The van der Waals surface area contributed by atoms with Gasteiger partial charge in [0.15, 0.2) is 6.10 Å². The number of aliphatic hydroxyl groups excluding tert-OH is 1. The molecule has 1 aromatic carbocycles. The maximum atomic E-state index is 11.8. The van der Waals surface area contributed by atoms with Gasteiger partial charge in [0.25, 0.3) is 5.91 Å². The minimum Gasteiger partial charge on any atom is -0.479 e. The number of hydrogen-bond donors (Lipinski definition) is 3. The number of amides is 1. The SMILES string of the molecule is O=C(NCC(O)C(=O)O)c1cc(Cl)cc(Cl)c1I. The Labute approximate surface area is 126 Å². The second kappa shape index (κ2) is 6.55. The van der Waals surface area contributed by atoms with Crippen LogP contribution in [-0.4, -0.2) is 34.7 Å². The van der Waals surface area contributed by atoms with Gasteiger partial charge < -0.3 is 15.5 Å². The molecule has 0 aliphatic rings. The van der Waals surface area contributed by atoms with Gasteiger partial charge in [0.2, 0.25) is 0 Å². The van der Waals surface area contributed by atoms with Crippen molar-refractivity contribution in [1.82, 2.24) is 5.32 Å². The number of halogens is 3. The highest BCUT2D eigenvalue weighted by atomic mass is 127. The maximum Gasteiger partial charge on any atom is 0.334 e. The molecule has 0 heterocycles. The van der Waals surface area contributed by atoms with E-state index in [2.05, 4.69) is 5.32 Å². The third-order valence-electron chi connectivity index (χ3n) is 1.98. The molecule has 1 atom stereocenters. The van der Waals surface area contributed by atoms with Crippen molar-refractivity contribution in [3.05, 3.63) is 31.3 Å². The van der Waals surface area contributed by atoms with E-state index in [4.69, 9.17) is 33.4 Å². The zero-order valence-electron chi connectivity index (χ0n) is 8.78. The topological polar surface area (TPSA) is 86.6 Å². The van der Waals surface area contributed by atoms with Crippen molar-refractivity contribution >= 4 is 57.7 Å². The van der Waals surface area contributed by atoms with E-state index in [9.17, 15) is 9.59 Å². The fourth-order valence-electron chi connectivity index (χ4n) is 1.09. The number of carbonyl (C=O) groups is 2. The summed E-state index contributed by atoms with van der Waals surface area (Å²) >= 11 is 13.5. The average Bonchev–Trinajstić information content (AvgIpc) is 2.29. The highest BCUT2D eigenvalue weighted by Crippen LogP contribution is 2.26. The van der Waals surface area contributed by atoms with Crippen molar-refractivity contribution in [2.24, 2.45) is 0 Å². The molecule has 0 spiro atoms. The van der Waals surface area contributed by atoms with E-state index in [-0.39, 0.29) is 5.56 Å². The van der Waals surface area contributed by atoms with E-state index >= 15 is 0 Å². The monoisotopic (exact) mass is 403 g/mol. The smallest absolute Gasteiger partial charge is 0.334 e. The summed E-state index contributed by atoms with van der Waals surface area (Å²) in [6.45, 7) is -0.394. The van der Waals surface area contributed by atoms with E-state index in [0.717, 1.165) is 0 Å². The van der Waals surface area contributed by atoms with Crippen LogP contribution in [0.1, 0.15) is 10.4 Å². The van der Waals surface area contributed by atoms with Gasteiger partial charge in [-0.15, -0.1) is 0 Å². The number of benzene rings is 1. The van der Waals surface area contributed by atoms with Crippen LogP contribution in [-0.2, 0) is 4.79 Å². The number of nitrogens with one attached hydrogen (secondary N) is 1. The Morgan fingerprint density at radius 3 is 2.56 bits per heavy atom. The van der Waals surface area contributed by atoms with Crippen LogP contribution in [0.2, 0.25) is 10.0 Å². The normalized spacial score (nSPS) is 12.0. The van der Waals surface area contributed by atoms with Crippen LogP contribution in [0.15, 0.2) is 12.1 Å². The fourth-order valence-corrected chi connectivity index (χ4v) is 2.14. The minimum atomic E-state index is -1.65. The van der Waals surface area contributed by atoms with Crippen molar-refractivity contribution < 1.29 is 19.8 Å². The van der Waals surface area contributed by atoms with Gasteiger partial charge in [-0.3, -0.25) is 4.79 Å². The van der Waals surface area contributed by atoms with Crippen LogP contribution >= 0.6 is 45.8 Å². The fraction of sp³-hybridized carbons (Fsp3) is 0.200. The lowest BCUT2D eigenvalue weighted by Gasteiger charge is -2.10. The molecule has 0 aromatic heterocycles. The summed E-state index contributed by atoms with van der Waals surface area (Å²) in [6.07, 6.45) is -1.65. The molecule has 0 aliphatic heterocycles. The highest BCUT2D eigenvalue weighted by molar-refractivity contribution is 14.1. The largest absolute Gasteiger partial charge is 0.479 e. The second-order valence-corrected chi connectivity index (χ2v) is 5.24. The summed E-state index contributed by atoms with van der Waals surface area (Å²) < 4.78 is 0.501. The van der Waals surface area contributed by atoms with Crippen molar-refractivity contribution in [2.45, 2.75) is 6.10 Å². The average molecular weight is 404 g/mol. The molecule has 0 fully saturated rings. The van der Waals surface area contributed by atoms with Gasteiger partial charge in [-0.2, -0.15) is 0 Å². The molecular formula is C10H8Cl2INO4. The summed E-state index contributed by atoms with van der Waals surface area (Å²) in [7, 11) is 0. The second-order valence-electron chi connectivity index (χ2n) is 3.31. The van der Waals surface area contributed by atoms with Gasteiger partial charge in [-0.1, -0.05) is 23.2 Å². The first-order chi connectivity index (χ1) is 8.32. The molecule has 5 nitrogen and oxygen atoms in total. The van der Waals surface area contributed by atoms with Gasteiger partial charge >= 0.3 is 5.97 Å². The lowest BCUT2D eigenvalue weighted by Crippen LogP contribution is -2.36. The molecular weight excluding hydrogens is 396 g/mol. The van der Waals surface area contributed by atoms with Gasteiger partial charge in [0.1, 0.15) is 0 Å². The number of carboxylic acid groups (broad SMARTS) is 1. The molecule has 0 aliphatic carbocycles. The zero-order valence-corrected chi connectivity index (χ0v) is 12.5. The Bertz CT molecular complexity index is 495. The standard InChI is InChI=1S/C10H8Cl2INO4/c11-4-1-5(8(13)6(12)2-4)9(16)14-3-7(15)10(17)18/h1-2,7,15H,3H2,(H,14,16)(H,17,18). The first-order valence-corrected chi connectivity index (χ1v) is 6.50. The summed E-state index contributed by atoms with van der Waals surface area (Å²) in [6, 6.07) is 2.91. The summed E-state index contributed by atoms with van der Waals surface area (Å²) in [5.41, 5.74) is 0.227. The quantitative estimate of drug-likeness (QED) is 0.528. The molecule has 3 N–H and O–H groups in total. The van der Waals surface area contributed by atoms with Gasteiger partial charge in [-0.05, 0) is 34.7 Å². The molecule has 0 radical (unpaired) electrons. The molecule has 1 amide bonds. The molecule has 98 valence electrons. The highest BCUT2D eigenvalue weighted by Gasteiger charge is 2.17. The molecule has 0 saturated heterocycles. The Morgan fingerprint density at radius 2 is 2.00 bits per heavy atom. The van der Waals surface area contributed by atoms with E-state index < -0.39 is 24.5 Å². The first-order valence-electron chi connectivity index (χ1n) is 4.66. The third kappa shape index (κ3) is 3.98. The molecule has 8 heteroatoms. The number of aliphatic carboxylic acids is 1. The molecule has 18 heavy (non-hydrogen) atoms. The van der Waals surface area contributed by atoms with Crippen LogP contribution in [0.25, 0.3) is 0 Å². The molecule has 1 aromatic rings. The molecule has 0 bridgehead atoms. The number of rotatable bonds is 4. The van der Waals surface area contributed by atoms with Crippen LogP contribution in [0.4, 0.5) is 0 Å². The van der Waals surface area contributed by atoms with Crippen molar-refractivity contribution in [1.29, 1.82) is 0 Å². The van der Waals surface area contributed by atoms with Gasteiger partial charge in [0.05, 0.1) is 17.1 Å². The number of carboxylic acids is 1. The van der Waals surface area contributed by atoms with E-state index in [1.807, 2.05) is 22.6 Å². The third-order valence-corrected chi connectivity index (χ3v) is 3.98. The van der Waals surface area contributed by atoms with Crippen molar-refractivity contribution in [2.75, 3.05) is 6.54 Å². The number of carbonyl (C=O) groups excluding carboxylic acids is 1. The summed E-state index contributed by atoms with van der Waals surface area (Å²) in [4.78, 5) is 22.1. The minimum absolute atomic E-state index is 0.227. The Balaban J connectivity index is 2.82. The van der Waals surface area contributed by atoms with Crippen LogP contribution in [0.3, 0.4) is 0 Å². The predicted octanol–water partition coefficient (Wildman–Crippen LogP) is 1.77. The van der Waals surface area contributed by atoms with Gasteiger partial charge in [-0.25, -0.2) is 4.79 Å². The maximum absolute atomic E-state index is 11.8. The van der Waals surface area contributed by atoms with Crippen molar-refractivity contribution in [3.63, 3.8) is 0 Å². The van der Waals surface area contributed by atoms with Gasteiger partial charge in [0, 0.05) is 8.59 Å². The van der Waals surface area contributed by atoms with E-state index in [1.165, 1.54) is 12.1 Å². The van der Waals surface area contributed by atoms with E-state index in [1.54, 1.807) is 0 Å². The number of hydrogen-bond acceptors (Lipinski definition) is 3. The Hall–Kier alpha value is -0.570. The predicted molar refractivity (Wildman–Crippen MR) is 75.2 cm³/mol. The first kappa shape index (κ1) is 15.5. The van der Waals surface area contributed by atoms with Crippen LogP contribution in [0.5, 0.6) is 0 Å². The van der Waals surface area contributed by atoms with E-state index in [0.29, 0.717) is 13.6 Å². The number of aliphatic hydroxyl groups is 1. The molecule has 1 rings (SSSR count). The Morgan fingerprint density at radius 1 is 1.39 bits per heavy atom. The molecule has 0 saturated carbocycles. The molecule has 1 unspecified atom stereocenters. The van der Waals surface area contributed by atoms with Crippen LogP contribution < -0.4 is 5.32 Å². The lowest BCUT2D eigenvalue weighted by molar-refractivity contribution is -0.146. The lowest BCUT2D eigenvalue weighted by atomic mass is 10.2. The Kier molecular flexibility index (Phi) is 5.64. The summed E-state index contributed by atoms with van der Waals surface area (Å²) in [5.74, 6) is -1.96. The van der Waals surface area contributed by atoms with Crippen molar-refractivity contribution in [3.8, 4) is 0 Å². The zero-order chi connectivity index (χ0) is 13.9. The van der Waals surface area contributed by atoms with Crippen LogP contribution in [0, 0.1) is 3.57 Å². The summed E-state index contributed by atoms with van der Waals surface area (Å²) in [5, 5.41) is 20.4.